The molecule has 1 atom stereocenters. The molecule has 0 saturated heterocycles. The van der Waals surface area contributed by atoms with Crippen LogP contribution in [0.25, 0.3) is 16.9 Å². The lowest BCUT2D eigenvalue weighted by Crippen LogP contribution is -2.42. The normalized spacial score (nSPS) is 12.4. The van der Waals surface area contributed by atoms with Crippen LogP contribution in [-0.4, -0.2) is 58.9 Å². The van der Waals surface area contributed by atoms with E-state index in [2.05, 4.69) is 30.8 Å². The molecule has 0 fully saturated rings. The molecule has 3 N–H and O–H groups in total. The maximum absolute atomic E-state index is 14.1. The summed E-state index contributed by atoms with van der Waals surface area (Å²) in [5.74, 6) is -0.200. The van der Waals surface area contributed by atoms with E-state index in [0.29, 0.717) is 33.8 Å². The number of nitriles is 1. The number of aryl methyl sites for hydroxylation is 1. The third-order valence-corrected chi connectivity index (χ3v) is 5.08. The molecule has 1 unspecified atom stereocenters. The topological polar surface area (TPSA) is 147 Å². The van der Waals surface area contributed by atoms with Crippen molar-refractivity contribution in [3.8, 4) is 11.9 Å². The number of carbonyl (C=O) groups excluding carboxylic acids is 1. The Hall–Kier alpha value is -4.37. The van der Waals surface area contributed by atoms with Gasteiger partial charge in [0.1, 0.15) is 12.2 Å². The molecule has 0 saturated carbocycles. The van der Waals surface area contributed by atoms with Gasteiger partial charge in [-0.1, -0.05) is 0 Å². The maximum atomic E-state index is 14.1. The molecule has 0 spiro atoms. The van der Waals surface area contributed by atoms with E-state index in [-0.39, 0.29) is 12.1 Å². The van der Waals surface area contributed by atoms with Crippen molar-refractivity contribution in [3.63, 3.8) is 0 Å². The van der Waals surface area contributed by atoms with E-state index in [0.717, 1.165) is 0 Å². The van der Waals surface area contributed by atoms with Crippen molar-refractivity contribution in [1.82, 2.24) is 34.8 Å². The maximum Gasteiger partial charge on any atom is 0.255 e. The van der Waals surface area contributed by atoms with Gasteiger partial charge in [-0.2, -0.15) is 20.1 Å². The van der Waals surface area contributed by atoms with Crippen LogP contribution in [0.3, 0.4) is 0 Å². The highest BCUT2D eigenvalue weighted by Gasteiger charge is 2.27. The molecular weight excluding hydrogens is 441 g/mol. The van der Waals surface area contributed by atoms with Crippen LogP contribution in [0.5, 0.6) is 0 Å². The van der Waals surface area contributed by atoms with Gasteiger partial charge < -0.3 is 15.7 Å². The Morgan fingerprint density at radius 2 is 2.03 bits per heavy atom. The molecule has 4 heterocycles. The second-order valence-electron chi connectivity index (χ2n) is 8.25. The first-order valence-corrected chi connectivity index (χ1v) is 10.3. The molecule has 0 aliphatic heterocycles. The number of carbonyl (C=O) groups is 1. The van der Waals surface area contributed by atoms with Gasteiger partial charge in [-0.25, -0.2) is 14.4 Å². The van der Waals surface area contributed by atoms with Crippen LogP contribution in [0.4, 0.5) is 15.8 Å². The molecule has 174 valence electrons. The number of aliphatic hydroxyl groups is 1. The lowest BCUT2D eigenvalue weighted by Gasteiger charge is -2.22. The largest absolute Gasteiger partial charge is 0.387 e. The second kappa shape index (κ2) is 8.87. The number of aromatic nitrogens is 6. The smallest absolute Gasteiger partial charge is 0.255 e. The molecule has 0 radical (unpaired) electrons. The molecule has 4 aromatic rings. The van der Waals surface area contributed by atoms with E-state index in [4.69, 9.17) is 5.26 Å². The van der Waals surface area contributed by atoms with Crippen LogP contribution >= 0.6 is 0 Å². The standard InChI is InChI=1S/C22H22FN9O2/c1-22(2,34)18(23)11-27-21(33)16-10-25-19(5-17(16)30-15-9-28-31(3)12-15)32-20-14(8-29-32)4-13(6-24)7-26-20/h4-5,7-10,12,18,34H,11H2,1-3H3,(H,25,30)(H,27,33). The quantitative estimate of drug-likeness (QED) is 0.377. The zero-order valence-corrected chi connectivity index (χ0v) is 18.7. The number of hydrogen-bond acceptors (Lipinski definition) is 8. The van der Waals surface area contributed by atoms with E-state index in [1.54, 1.807) is 42.5 Å². The summed E-state index contributed by atoms with van der Waals surface area (Å²) in [6.07, 6.45) is 6.00. The number of nitrogens with one attached hydrogen (secondary N) is 2. The fraction of sp³-hybridized carbons (Fsp3) is 0.273. The number of pyridine rings is 2. The molecule has 12 heteroatoms. The Kier molecular flexibility index (Phi) is 5.95. The van der Waals surface area contributed by atoms with Crippen molar-refractivity contribution in [1.29, 1.82) is 5.26 Å². The van der Waals surface area contributed by atoms with Crippen molar-refractivity contribution in [3.05, 3.63) is 54.2 Å². The third-order valence-electron chi connectivity index (χ3n) is 5.08. The molecule has 0 aromatic carbocycles. The fourth-order valence-corrected chi connectivity index (χ4v) is 3.16. The average molecular weight is 463 g/mol. The molecule has 1 amide bonds. The minimum atomic E-state index is -1.65. The van der Waals surface area contributed by atoms with E-state index in [9.17, 15) is 14.3 Å². The van der Waals surface area contributed by atoms with Gasteiger partial charge in [0.05, 0.1) is 47.0 Å². The highest BCUT2D eigenvalue weighted by molar-refractivity contribution is 6.00. The minimum absolute atomic E-state index is 0.159. The molecule has 4 rings (SSSR count). The van der Waals surface area contributed by atoms with Gasteiger partial charge in [0.25, 0.3) is 5.91 Å². The number of anilines is 2. The molecule has 0 aliphatic rings. The number of hydrogen-bond donors (Lipinski definition) is 3. The van der Waals surface area contributed by atoms with Crippen molar-refractivity contribution in [2.75, 3.05) is 11.9 Å². The monoisotopic (exact) mass is 463 g/mol. The molecular formula is C22H22FN9O2. The fourth-order valence-electron chi connectivity index (χ4n) is 3.16. The van der Waals surface area contributed by atoms with E-state index in [1.165, 1.54) is 30.9 Å². The number of alkyl halides is 1. The van der Waals surface area contributed by atoms with Gasteiger partial charge in [0, 0.05) is 37.1 Å². The Labute approximate surface area is 193 Å². The predicted octanol–water partition coefficient (Wildman–Crippen LogP) is 2.00. The first-order valence-electron chi connectivity index (χ1n) is 10.3. The van der Waals surface area contributed by atoms with Gasteiger partial charge in [-0.15, -0.1) is 0 Å². The van der Waals surface area contributed by atoms with Gasteiger partial charge in [0.15, 0.2) is 11.5 Å². The lowest BCUT2D eigenvalue weighted by molar-refractivity contribution is -0.00177. The van der Waals surface area contributed by atoms with Gasteiger partial charge in [-0.05, 0) is 19.9 Å². The van der Waals surface area contributed by atoms with E-state index >= 15 is 0 Å². The minimum Gasteiger partial charge on any atom is -0.387 e. The summed E-state index contributed by atoms with van der Waals surface area (Å²) >= 11 is 0. The Morgan fingerprint density at radius 3 is 2.71 bits per heavy atom. The summed E-state index contributed by atoms with van der Waals surface area (Å²) < 4.78 is 17.2. The summed E-state index contributed by atoms with van der Waals surface area (Å²) in [6, 6.07) is 5.31. The summed E-state index contributed by atoms with van der Waals surface area (Å²) in [6.45, 7) is 2.29. The zero-order chi connectivity index (χ0) is 24.5. The highest BCUT2D eigenvalue weighted by Crippen LogP contribution is 2.24. The molecule has 11 nitrogen and oxygen atoms in total. The van der Waals surface area contributed by atoms with Crippen LogP contribution in [-0.2, 0) is 7.05 Å². The first-order chi connectivity index (χ1) is 16.2. The molecule has 34 heavy (non-hydrogen) atoms. The van der Waals surface area contributed by atoms with Crippen molar-refractivity contribution >= 4 is 28.3 Å². The lowest BCUT2D eigenvalue weighted by atomic mass is 10.0. The van der Waals surface area contributed by atoms with E-state index < -0.39 is 17.7 Å². The summed E-state index contributed by atoms with van der Waals surface area (Å²) in [7, 11) is 1.76. The van der Waals surface area contributed by atoms with Crippen molar-refractivity contribution in [2.24, 2.45) is 7.05 Å². The van der Waals surface area contributed by atoms with Gasteiger partial charge in [0.2, 0.25) is 0 Å². The van der Waals surface area contributed by atoms with Gasteiger partial charge >= 0.3 is 0 Å². The van der Waals surface area contributed by atoms with E-state index in [1.807, 2.05) is 6.07 Å². The van der Waals surface area contributed by atoms with Gasteiger partial charge in [-0.3, -0.25) is 9.48 Å². The van der Waals surface area contributed by atoms with Crippen LogP contribution in [0, 0.1) is 11.3 Å². The van der Waals surface area contributed by atoms with Crippen LogP contribution in [0.1, 0.15) is 29.8 Å². The summed E-state index contributed by atoms with van der Waals surface area (Å²) in [5, 5.41) is 33.6. The summed E-state index contributed by atoms with van der Waals surface area (Å²) in [4.78, 5) is 21.5. The average Bonchev–Trinajstić information content (AvgIpc) is 3.41. The zero-order valence-electron chi connectivity index (χ0n) is 18.7. The van der Waals surface area contributed by atoms with Crippen molar-refractivity contribution < 1.29 is 14.3 Å². The highest BCUT2D eigenvalue weighted by atomic mass is 19.1. The Morgan fingerprint density at radius 1 is 1.24 bits per heavy atom. The molecule has 0 aliphatic carbocycles. The number of nitrogens with zero attached hydrogens (tertiary/aromatic N) is 7. The predicted molar refractivity (Wildman–Crippen MR) is 121 cm³/mol. The number of halogens is 1. The number of fused-ring (bicyclic) bond motifs is 1. The SMILES string of the molecule is Cn1cc(Nc2cc(-n3ncc4cc(C#N)cnc43)ncc2C(=O)NCC(F)C(C)(C)O)cn1. The van der Waals surface area contributed by atoms with Crippen molar-refractivity contribution in [2.45, 2.75) is 25.6 Å². The number of amides is 1. The first kappa shape index (κ1) is 22.8. The second-order valence-corrected chi connectivity index (χ2v) is 8.25. The van der Waals surface area contributed by atoms with Crippen LogP contribution in [0.2, 0.25) is 0 Å². The third kappa shape index (κ3) is 4.69. The summed E-state index contributed by atoms with van der Waals surface area (Å²) in [5.41, 5.74) is 0.463. The Balaban J connectivity index is 1.70. The number of rotatable bonds is 7. The molecule has 4 aromatic heterocycles. The van der Waals surface area contributed by atoms with Crippen LogP contribution in [0.15, 0.2) is 43.1 Å². The Bertz CT molecular complexity index is 1400. The molecule has 0 bridgehead atoms. The van der Waals surface area contributed by atoms with Crippen LogP contribution < -0.4 is 10.6 Å².